The molecule has 0 spiro atoms. The van der Waals surface area contributed by atoms with Gasteiger partial charge in [-0.2, -0.15) is 0 Å². The first-order chi connectivity index (χ1) is 13.0. The zero-order chi connectivity index (χ0) is 19.6. The van der Waals surface area contributed by atoms with Crippen LogP contribution in [-0.4, -0.2) is 30.8 Å². The summed E-state index contributed by atoms with van der Waals surface area (Å²) in [6.45, 7) is 2.81. The van der Waals surface area contributed by atoms with Crippen LogP contribution in [0.25, 0.3) is 0 Å². The van der Waals surface area contributed by atoms with Crippen molar-refractivity contribution in [3.63, 3.8) is 0 Å². The molecule has 27 heavy (non-hydrogen) atoms. The van der Waals surface area contributed by atoms with Crippen LogP contribution in [0.1, 0.15) is 53.3 Å². The summed E-state index contributed by atoms with van der Waals surface area (Å²) in [7, 11) is 1.22. The molecule has 0 fully saturated rings. The van der Waals surface area contributed by atoms with Gasteiger partial charge in [0, 0.05) is 6.07 Å². The normalized spacial score (nSPS) is 10.3. The molecule has 2 aromatic carbocycles. The fourth-order valence-electron chi connectivity index (χ4n) is 2.43. The van der Waals surface area contributed by atoms with E-state index >= 15 is 0 Å². The number of unbranched alkanes of at least 4 members (excludes halogenated alkanes) is 3. The van der Waals surface area contributed by atoms with Crippen LogP contribution in [0, 0.1) is 0 Å². The summed E-state index contributed by atoms with van der Waals surface area (Å²) in [5.41, 5.74) is 0.350. The van der Waals surface area contributed by atoms with E-state index in [0.717, 1.165) is 12.8 Å². The molecule has 1 N–H and O–H groups in total. The van der Waals surface area contributed by atoms with Crippen LogP contribution >= 0.6 is 0 Å². The molecule has 0 unspecified atom stereocenters. The monoisotopic (exact) mass is 372 g/mol. The zero-order valence-electron chi connectivity index (χ0n) is 15.6. The Morgan fingerprint density at radius 2 is 1.63 bits per heavy atom. The van der Waals surface area contributed by atoms with Gasteiger partial charge in [-0.15, -0.1) is 0 Å². The molecule has 0 atom stereocenters. The first-order valence-corrected chi connectivity index (χ1v) is 8.91. The average Bonchev–Trinajstić information content (AvgIpc) is 2.68. The fraction of sp³-hybridized carbons (Fsp3) is 0.333. The summed E-state index contributed by atoms with van der Waals surface area (Å²) in [6.07, 6.45) is 4.52. The van der Waals surface area contributed by atoms with Crippen molar-refractivity contribution in [3.8, 4) is 17.2 Å². The van der Waals surface area contributed by atoms with Crippen LogP contribution in [0.5, 0.6) is 17.2 Å². The van der Waals surface area contributed by atoms with E-state index in [9.17, 15) is 14.7 Å². The van der Waals surface area contributed by atoms with Crippen molar-refractivity contribution in [1.29, 1.82) is 0 Å². The van der Waals surface area contributed by atoms with E-state index in [-0.39, 0.29) is 17.1 Å². The van der Waals surface area contributed by atoms with E-state index in [2.05, 4.69) is 11.7 Å². The van der Waals surface area contributed by atoms with Crippen molar-refractivity contribution in [3.05, 3.63) is 53.6 Å². The summed E-state index contributed by atoms with van der Waals surface area (Å²) in [4.78, 5) is 23.7. The second kappa shape index (κ2) is 10.2. The largest absolute Gasteiger partial charge is 0.507 e. The van der Waals surface area contributed by atoms with Crippen LogP contribution < -0.4 is 9.47 Å². The maximum absolute atomic E-state index is 12.2. The Morgan fingerprint density at radius 3 is 2.26 bits per heavy atom. The number of esters is 2. The van der Waals surface area contributed by atoms with E-state index in [4.69, 9.17) is 9.47 Å². The molecule has 0 heterocycles. The van der Waals surface area contributed by atoms with Crippen LogP contribution in [-0.2, 0) is 4.74 Å². The number of carbonyl (C=O) groups is 2. The van der Waals surface area contributed by atoms with Crippen molar-refractivity contribution < 1.29 is 28.9 Å². The maximum atomic E-state index is 12.2. The molecule has 0 aliphatic heterocycles. The molecule has 0 amide bonds. The minimum atomic E-state index is -0.671. The van der Waals surface area contributed by atoms with E-state index in [1.165, 1.54) is 38.2 Å². The number of methoxy groups -OCH3 is 1. The molecule has 0 saturated heterocycles. The number of carbonyl (C=O) groups excluding carboxylic acids is 2. The number of phenols is 1. The number of hydrogen-bond acceptors (Lipinski definition) is 6. The van der Waals surface area contributed by atoms with Crippen molar-refractivity contribution in [1.82, 2.24) is 0 Å². The molecular weight excluding hydrogens is 348 g/mol. The lowest BCUT2D eigenvalue weighted by Crippen LogP contribution is -2.09. The van der Waals surface area contributed by atoms with Gasteiger partial charge < -0.3 is 19.3 Å². The lowest BCUT2D eigenvalue weighted by atomic mass is 10.2. The molecule has 0 saturated carbocycles. The topological polar surface area (TPSA) is 82.1 Å². The molecule has 0 aliphatic rings. The first kappa shape index (κ1) is 20.3. The molecule has 144 valence electrons. The highest BCUT2D eigenvalue weighted by molar-refractivity contribution is 5.93. The smallest absolute Gasteiger partial charge is 0.343 e. The summed E-state index contributed by atoms with van der Waals surface area (Å²) >= 11 is 0. The summed E-state index contributed by atoms with van der Waals surface area (Å²) in [5, 5.41) is 9.84. The summed E-state index contributed by atoms with van der Waals surface area (Å²) < 4.78 is 15.4. The highest BCUT2D eigenvalue weighted by Gasteiger charge is 2.14. The van der Waals surface area contributed by atoms with E-state index in [1.807, 2.05) is 0 Å². The number of rotatable bonds is 9. The highest BCUT2D eigenvalue weighted by atomic mass is 16.5. The predicted molar refractivity (Wildman–Crippen MR) is 100 cm³/mol. The molecule has 0 aromatic heterocycles. The van der Waals surface area contributed by atoms with E-state index in [0.29, 0.717) is 17.9 Å². The second-order valence-corrected chi connectivity index (χ2v) is 5.99. The van der Waals surface area contributed by atoms with Gasteiger partial charge in [0.2, 0.25) is 0 Å². The Kier molecular flexibility index (Phi) is 7.67. The van der Waals surface area contributed by atoms with Crippen LogP contribution in [0.4, 0.5) is 0 Å². The van der Waals surface area contributed by atoms with Gasteiger partial charge in [0.25, 0.3) is 0 Å². The van der Waals surface area contributed by atoms with Crippen LogP contribution in [0.3, 0.4) is 0 Å². The van der Waals surface area contributed by atoms with Gasteiger partial charge in [0.15, 0.2) is 0 Å². The van der Waals surface area contributed by atoms with Gasteiger partial charge in [-0.25, -0.2) is 9.59 Å². The molecule has 0 aliphatic carbocycles. The molecular formula is C21H24O6. The number of phenolic OH excluding ortho intramolecular Hbond substituents is 1. The summed E-state index contributed by atoms with van der Waals surface area (Å²) in [5.74, 6) is -0.742. The van der Waals surface area contributed by atoms with Gasteiger partial charge in [-0.05, 0) is 42.8 Å². The first-order valence-electron chi connectivity index (χ1n) is 8.91. The third kappa shape index (κ3) is 6.02. The summed E-state index contributed by atoms with van der Waals surface area (Å²) in [6, 6.07) is 10.6. The van der Waals surface area contributed by atoms with Crippen molar-refractivity contribution >= 4 is 11.9 Å². The minimum Gasteiger partial charge on any atom is -0.507 e. The fourth-order valence-corrected chi connectivity index (χ4v) is 2.43. The zero-order valence-corrected chi connectivity index (χ0v) is 15.6. The van der Waals surface area contributed by atoms with E-state index < -0.39 is 11.9 Å². The molecule has 0 bridgehead atoms. The van der Waals surface area contributed by atoms with Crippen LogP contribution in [0.15, 0.2) is 42.5 Å². The van der Waals surface area contributed by atoms with Crippen molar-refractivity contribution in [2.24, 2.45) is 0 Å². The molecule has 2 rings (SSSR count). The SMILES string of the molecule is CCCCCCOc1ccc(C(=O)Oc2ccc(C(=O)OC)c(O)c2)cc1. The quantitative estimate of drug-likeness (QED) is 0.400. The van der Waals surface area contributed by atoms with Crippen LogP contribution in [0.2, 0.25) is 0 Å². The molecule has 6 heteroatoms. The number of ether oxygens (including phenoxy) is 3. The average molecular weight is 372 g/mol. The lowest BCUT2D eigenvalue weighted by Gasteiger charge is -2.08. The molecule has 0 radical (unpaired) electrons. The Hall–Kier alpha value is -3.02. The Balaban J connectivity index is 1.92. The van der Waals surface area contributed by atoms with Gasteiger partial charge in [-0.3, -0.25) is 0 Å². The van der Waals surface area contributed by atoms with Gasteiger partial charge in [0.05, 0.1) is 19.3 Å². The van der Waals surface area contributed by atoms with E-state index in [1.54, 1.807) is 24.3 Å². The predicted octanol–water partition coefficient (Wildman–Crippen LogP) is 4.36. The number of benzene rings is 2. The van der Waals surface area contributed by atoms with Crippen molar-refractivity contribution in [2.75, 3.05) is 13.7 Å². The number of aromatic hydroxyl groups is 1. The third-order valence-corrected chi connectivity index (χ3v) is 3.94. The minimum absolute atomic E-state index is 0.00210. The maximum Gasteiger partial charge on any atom is 0.343 e. The van der Waals surface area contributed by atoms with Gasteiger partial charge in [0.1, 0.15) is 22.8 Å². The Bertz CT molecular complexity index is 767. The highest BCUT2D eigenvalue weighted by Crippen LogP contribution is 2.25. The Labute approximate surface area is 158 Å². The number of hydrogen-bond donors (Lipinski definition) is 1. The molecule has 6 nitrogen and oxygen atoms in total. The molecule has 2 aromatic rings. The standard InChI is InChI=1S/C21H24O6/c1-3-4-5-6-13-26-16-9-7-15(8-10-16)20(23)27-17-11-12-18(19(22)14-17)21(24)25-2/h7-12,14,22H,3-6,13H2,1-2H3. The van der Waals surface area contributed by atoms with Gasteiger partial charge in [-0.1, -0.05) is 26.2 Å². The van der Waals surface area contributed by atoms with Crippen molar-refractivity contribution in [2.45, 2.75) is 32.6 Å². The van der Waals surface area contributed by atoms with Gasteiger partial charge >= 0.3 is 11.9 Å². The Morgan fingerprint density at radius 1 is 0.926 bits per heavy atom. The lowest BCUT2D eigenvalue weighted by molar-refractivity contribution is 0.0597. The third-order valence-electron chi connectivity index (χ3n) is 3.94. The second-order valence-electron chi connectivity index (χ2n) is 5.99.